The van der Waals surface area contributed by atoms with E-state index in [9.17, 15) is 13.2 Å². The first-order valence-electron chi connectivity index (χ1n) is 4.14. The van der Waals surface area contributed by atoms with E-state index in [-0.39, 0.29) is 35.1 Å². The summed E-state index contributed by atoms with van der Waals surface area (Å²) in [6.45, 7) is 0. The van der Waals surface area contributed by atoms with Crippen LogP contribution in [0.2, 0.25) is 0 Å². The molecular weight excluding hydrogens is 239 g/mol. The Balaban J connectivity index is 0.00000225. The maximum absolute atomic E-state index is 11.3. The maximum Gasteiger partial charge on any atom is 1.00 e. The molecule has 82 valence electrons. The van der Waals surface area contributed by atoms with E-state index >= 15 is 0 Å². The predicted octanol–water partition coefficient (Wildman–Crippen LogP) is -1.98. The van der Waals surface area contributed by atoms with E-state index in [0.29, 0.717) is 0 Å². The van der Waals surface area contributed by atoms with E-state index in [0.717, 1.165) is 11.9 Å². The van der Waals surface area contributed by atoms with E-state index in [1.165, 1.54) is 12.1 Å². The van der Waals surface area contributed by atoms with Crippen LogP contribution in [0.1, 0.15) is 10.4 Å². The Morgan fingerprint density at radius 3 is 2.12 bits per heavy atom. The summed E-state index contributed by atoms with van der Waals surface area (Å²) in [4.78, 5) is 11.3. The van der Waals surface area contributed by atoms with Gasteiger partial charge in [-0.15, -0.1) is 12.7 Å². The number of sulfonamides is 1. The minimum Gasteiger partial charge on any atom is -0.687 e. The minimum absolute atomic E-state index is 0. The van der Waals surface area contributed by atoms with Crippen LogP contribution in [-0.2, 0) is 10.0 Å². The van der Waals surface area contributed by atoms with Gasteiger partial charge < -0.3 is 5.32 Å². The molecule has 7 heteroatoms. The van der Waals surface area contributed by atoms with Crippen molar-refractivity contribution in [3.05, 3.63) is 35.1 Å². The Bertz CT molecular complexity index is 456. The summed E-state index contributed by atoms with van der Waals surface area (Å²) >= 11 is 0. The van der Waals surface area contributed by atoms with Gasteiger partial charge in [0.1, 0.15) is 0 Å². The summed E-state index contributed by atoms with van der Waals surface area (Å²) in [7, 11) is -1.88. The third kappa shape index (κ3) is 4.98. The van der Waals surface area contributed by atoms with Crippen LogP contribution in [0.5, 0.6) is 0 Å². The second-order valence-electron chi connectivity index (χ2n) is 2.97. The van der Waals surface area contributed by atoms with Gasteiger partial charge in [0.05, 0.1) is 6.26 Å². The van der Waals surface area contributed by atoms with Gasteiger partial charge in [0.15, 0.2) is 0 Å². The average Bonchev–Trinajstić information content (AvgIpc) is 2.15. The molecule has 1 aromatic rings. The summed E-state index contributed by atoms with van der Waals surface area (Å²) < 4.78 is 23.5. The van der Waals surface area contributed by atoms with E-state index in [4.69, 9.17) is 0 Å². The summed E-state index contributed by atoms with van der Waals surface area (Å²) in [6.07, 6.45) is 0.931. The van der Waals surface area contributed by atoms with Crippen LogP contribution < -0.4 is 34.3 Å². The van der Waals surface area contributed by atoms with Crippen molar-refractivity contribution in [3.63, 3.8) is 0 Å². The number of nitrogens with zero attached hydrogens (tertiary/aromatic N) is 1. The maximum atomic E-state index is 11.3. The van der Waals surface area contributed by atoms with Crippen LogP contribution in [0.4, 0.5) is 5.69 Å². The van der Waals surface area contributed by atoms with Crippen LogP contribution in [0, 0.1) is 0 Å². The topological polar surface area (TPSA) is 77.3 Å². The normalized spacial score (nSPS) is 10.1. The van der Waals surface area contributed by atoms with E-state index in [2.05, 4.69) is 5.32 Å². The first-order chi connectivity index (χ1) is 6.92. The van der Waals surface area contributed by atoms with Crippen LogP contribution in [0.15, 0.2) is 24.3 Å². The quantitative estimate of drug-likeness (QED) is 0.631. The number of nitrogens with one attached hydrogen (secondary N) is 1. The Hall–Kier alpha value is -0.560. The first kappa shape index (κ1) is 15.4. The van der Waals surface area contributed by atoms with Crippen molar-refractivity contribution in [1.82, 2.24) is 4.72 Å². The number of amides is 1. The van der Waals surface area contributed by atoms with Crippen LogP contribution in [0.3, 0.4) is 0 Å². The van der Waals surface area contributed by atoms with Crippen molar-refractivity contribution in [2.24, 2.45) is 0 Å². The van der Waals surface area contributed by atoms with Gasteiger partial charge in [-0.2, -0.15) is 0 Å². The van der Waals surface area contributed by atoms with Crippen LogP contribution in [-0.4, -0.2) is 27.6 Å². The fraction of sp³-hybridized carbons (Fsp3) is 0.222. The Morgan fingerprint density at radius 2 is 1.75 bits per heavy atom. The molecule has 0 spiro atoms. The van der Waals surface area contributed by atoms with E-state index in [1.54, 1.807) is 19.2 Å². The molecule has 0 aliphatic heterocycles. The van der Waals surface area contributed by atoms with Crippen LogP contribution in [0.25, 0.3) is 5.32 Å². The number of carbonyl (C=O) groups excluding carboxylic acids is 1. The Morgan fingerprint density at radius 1 is 1.25 bits per heavy atom. The molecule has 0 atom stereocenters. The van der Waals surface area contributed by atoms with Gasteiger partial charge in [0, 0.05) is 5.56 Å². The molecule has 0 unspecified atom stereocenters. The molecule has 0 heterocycles. The molecule has 0 radical (unpaired) electrons. The standard InChI is InChI=1S/C9H12N2O3S.Na/c1-10-8-5-3-7(4-6-8)9(12)11-15(2,13)14;/h3-6H,1-2H3,(H2,10,11,12);/q;+1/p-1. The number of hydrogen-bond acceptors (Lipinski definition) is 3. The molecule has 0 fully saturated rings. The van der Waals surface area contributed by atoms with Crippen molar-refractivity contribution in [3.8, 4) is 0 Å². The molecule has 0 aromatic heterocycles. The molecule has 5 nitrogen and oxygen atoms in total. The largest absolute Gasteiger partial charge is 1.00 e. The van der Waals surface area contributed by atoms with Gasteiger partial charge in [-0.1, -0.05) is 24.3 Å². The number of hydrogen-bond donors (Lipinski definition) is 1. The van der Waals surface area contributed by atoms with Crippen molar-refractivity contribution in [2.75, 3.05) is 13.3 Å². The monoisotopic (exact) mass is 250 g/mol. The van der Waals surface area contributed by atoms with Crippen molar-refractivity contribution < 1.29 is 42.8 Å². The van der Waals surface area contributed by atoms with Gasteiger partial charge in [-0.05, 0) is 0 Å². The van der Waals surface area contributed by atoms with Gasteiger partial charge in [0.2, 0.25) is 10.0 Å². The van der Waals surface area contributed by atoms with Crippen molar-refractivity contribution in [2.45, 2.75) is 0 Å². The summed E-state index contributed by atoms with van der Waals surface area (Å²) in [6, 6.07) is 6.31. The Labute approximate surface area is 117 Å². The molecule has 1 aromatic carbocycles. The summed E-state index contributed by atoms with van der Waals surface area (Å²) in [5.41, 5.74) is 1.01. The van der Waals surface area contributed by atoms with Crippen LogP contribution >= 0.6 is 0 Å². The molecule has 0 saturated heterocycles. The third-order valence-corrected chi connectivity index (χ3v) is 2.22. The first-order valence-corrected chi connectivity index (χ1v) is 6.03. The summed E-state index contributed by atoms with van der Waals surface area (Å²) in [5.74, 6) is -0.639. The predicted molar refractivity (Wildman–Crippen MR) is 57.7 cm³/mol. The zero-order valence-electron chi connectivity index (χ0n) is 9.39. The fourth-order valence-corrected chi connectivity index (χ4v) is 1.44. The molecule has 1 rings (SSSR count). The molecule has 0 bridgehead atoms. The van der Waals surface area contributed by atoms with Gasteiger partial charge in [-0.3, -0.25) is 4.79 Å². The number of carbonyl (C=O) groups is 1. The molecule has 1 amide bonds. The van der Waals surface area contributed by atoms with E-state index in [1.807, 2.05) is 4.72 Å². The molecular formula is C9H11N2NaO3S. The molecule has 0 aliphatic carbocycles. The fourth-order valence-electron chi connectivity index (χ4n) is 0.989. The summed E-state index contributed by atoms with van der Waals surface area (Å²) in [5, 5.41) is 3.90. The zero-order chi connectivity index (χ0) is 11.5. The van der Waals surface area contributed by atoms with Gasteiger partial charge in [0.25, 0.3) is 5.91 Å². The van der Waals surface area contributed by atoms with E-state index < -0.39 is 15.9 Å². The second kappa shape index (κ2) is 6.24. The smallest absolute Gasteiger partial charge is 0.687 e. The molecule has 16 heavy (non-hydrogen) atoms. The number of benzene rings is 1. The third-order valence-electron chi connectivity index (χ3n) is 1.67. The minimum atomic E-state index is -3.51. The van der Waals surface area contributed by atoms with Crippen molar-refractivity contribution >= 4 is 21.6 Å². The second-order valence-corrected chi connectivity index (χ2v) is 4.72. The zero-order valence-corrected chi connectivity index (χ0v) is 12.2. The van der Waals surface area contributed by atoms with Crippen molar-refractivity contribution in [1.29, 1.82) is 0 Å². The van der Waals surface area contributed by atoms with Gasteiger partial charge in [-0.25, -0.2) is 13.1 Å². The average molecular weight is 250 g/mol. The molecule has 0 saturated carbocycles. The van der Waals surface area contributed by atoms with Gasteiger partial charge >= 0.3 is 29.6 Å². The SMILES string of the molecule is C[N-]c1ccc(C(=O)NS(C)(=O)=O)cc1.[Na+]. The Kier molecular flexibility index (Phi) is 6.02. The number of rotatable bonds is 3. The molecule has 0 aliphatic rings. The molecule has 1 N–H and O–H groups in total.